The number of nitrogens with one attached hydrogen (secondary N) is 1. The number of methoxy groups -OCH3 is 1. The highest BCUT2D eigenvalue weighted by Gasteiger charge is 2.16. The number of hydrazine groups is 1. The van der Waals surface area contributed by atoms with Crippen LogP contribution in [0.4, 0.5) is 5.69 Å². The Balaban J connectivity index is 1.96. The summed E-state index contributed by atoms with van der Waals surface area (Å²) >= 11 is 0. The average molecular weight is 368 g/mol. The molecule has 0 radical (unpaired) electrons. The predicted molar refractivity (Wildman–Crippen MR) is 102 cm³/mol. The lowest BCUT2D eigenvalue weighted by atomic mass is 10.0. The number of non-ortho nitro benzene ring substituents is 1. The molecule has 1 aromatic heterocycles. The van der Waals surface area contributed by atoms with E-state index in [0.717, 1.165) is 27.0 Å². The minimum absolute atomic E-state index is 0.0406. The van der Waals surface area contributed by atoms with Gasteiger partial charge in [-0.25, -0.2) is 5.84 Å². The van der Waals surface area contributed by atoms with Crippen molar-refractivity contribution in [1.29, 1.82) is 0 Å². The molecule has 0 saturated carbocycles. The van der Waals surface area contributed by atoms with Gasteiger partial charge in [-0.1, -0.05) is 6.07 Å². The second kappa shape index (κ2) is 7.46. The number of hydrogen-bond acceptors (Lipinski definition) is 5. The molecule has 0 saturated heterocycles. The number of carbonyl (C=O) groups is 1. The number of nitro groups is 1. The Morgan fingerprint density at radius 3 is 2.70 bits per heavy atom. The summed E-state index contributed by atoms with van der Waals surface area (Å²) in [5, 5.41) is 13.0. The molecule has 8 heteroatoms. The molecule has 3 rings (SSSR count). The number of H-pyrrole nitrogens is 1. The molecule has 0 aliphatic rings. The van der Waals surface area contributed by atoms with Gasteiger partial charge >= 0.3 is 0 Å². The molecule has 0 atom stereocenters. The van der Waals surface area contributed by atoms with Crippen molar-refractivity contribution in [1.82, 2.24) is 9.99 Å². The van der Waals surface area contributed by atoms with Gasteiger partial charge in [0.25, 0.3) is 11.6 Å². The first-order valence-corrected chi connectivity index (χ1v) is 8.42. The molecule has 0 spiro atoms. The molecule has 0 aliphatic heterocycles. The van der Waals surface area contributed by atoms with E-state index in [2.05, 4.69) is 4.98 Å². The molecule has 0 bridgehead atoms. The highest BCUT2D eigenvalue weighted by molar-refractivity contribution is 5.94. The van der Waals surface area contributed by atoms with Gasteiger partial charge in [-0.15, -0.1) is 0 Å². The third-order valence-corrected chi connectivity index (χ3v) is 4.48. The molecule has 3 aromatic rings. The second-order valence-electron chi connectivity index (χ2n) is 6.10. The lowest BCUT2D eigenvalue weighted by Gasteiger charge is -2.15. The number of hydrogen-bond donors (Lipinski definition) is 2. The first kappa shape index (κ1) is 18.4. The fourth-order valence-corrected chi connectivity index (χ4v) is 2.96. The third-order valence-electron chi connectivity index (χ3n) is 4.48. The zero-order valence-corrected chi connectivity index (χ0v) is 15.1. The quantitative estimate of drug-likeness (QED) is 0.300. The van der Waals surface area contributed by atoms with E-state index in [1.165, 1.54) is 13.2 Å². The minimum atomic E-state index is -0.413. The summed E-state index contributed by atoms with van der Waals surface area (Å²) < 4.78 is 5.44. The number of fused-ring (bicyclic) bond motifs is 1. The number of benzene rings is 2. The molecule has 27 heavy (non-hydrogen) atoms. The molecule has 8 nitrogen and oxygen atoms in total. The van der Waals surface area contributed by atoms with E-state index in [9.17, 15) is 14.9 Å². The van der Waals surface area contributed by atoms with Gasteiger partial charge in [-0.2, -0.15) is 0 Å². The average Bonchev–Trinajstić information content (AvgIpc) is 3.09. The predicted octanol–water partition coefficient (Wildman–Crippen LogP) is 3.01. The van der Waals surface area contributed by atoms with Crippen molar-refractivity contribution in [3.8, 4) is 5.75 Å². The molecule has 1 amide bonds. The SMILES string of the molecule is CCN(N)C(=O)c1ccc(Cc2c[nH]c3ccc([N+](=O)[O-])cc23)c(OC)c1. The number of aromatic nitrogens is 1. The zero-order valence-electron chi connectivity index (χ0n) is 15.1. The van der Waals surface area contributed by atoms with Gasteiger partial charge in [0, 0.05) is 47.8 Å². The molecule has 0 aliphatic carbocycles. The van der Waals surface area contributed by atoms with Crippen molar-refractivity contribution in [2.75, 3.05) is 13.7 Å². The summed E-state index contributed by atoms with van der Waals surface area (Å²) in [6.45, 7) is 2.19. The van der Waals surface area contributed by atoms with Gasteiger partial charge in [0.05, 0.1) is 12.0 Å². The summed E-state index contributed by atoms with van der Waals surface area (Å²) in [6.07, 6.45) is 2.32. The van der Waals surface area contributed by atoms with E-state index < -0.39 is 4.92 Å². The van der Waals surface area contributed by atoms with Crippen LogP contribution in [0.15, 0.2) is 42.6 Å². The van der Waals surface area contributed by atoms with Crippen molar-refractivity contribution in [2.45, 2.75) is 13.3 Å². The molecule has 3 N–H and O–H groups in total. The van der Waals surface area contributed by atoms with E-state index in [4.69, 9.17) is 10.6 Å². The van der Waals surface area contributed by atoms with Crippen LogP contribution in [0.25, 0.3) is 10.9 Å². The molecule has 2 aromatic carbocycles. The number of amides is 1. The van der Waals surface area contributed by atoms with Gasteiger partial charge in [0.15, 0.2) is 0 Å². The van der Waals surface area contributed by atoms with Crippen molar-refractivity contribution < 1.29 is 14.5 Å². The Hall–Kier alpha value is -3.39. The summed E-state index contributed by atoms with van der Waals surface area (Å²) in [5.74, 6) is 5.95. The maximum atomic E-state index is 12.2. The Kier molecular flexibility index (Phi) is 5.09. The molecule has 140 valence electrons. The number of rotatable bonds is 6. The molecule has 1 heterocycles. The zero-order chi connectivity index (χ0) is 19.6. The van der Waals surface area contributed by atoms with Crippen molar-refractivity contribution in [2.24, 2.45) is 5.84 Å². The largest absolute Gasteiger partial charge is 0.496 e. The van der Waals surface area contributed by atoms with Crippen LogP contribution in [0.1, 0.15) is 28.4 Å². The Morgan fingerprint density at radius 1 is 1.26 bits per heavy atom. The van der Waals surface area contributed by atoms with Crippen LogP contribution >= 0.6 is 0 Å². The van der Waals surface area contributed by atoms with E-state index in [-0.39, 0.29) is 11.6 Å². The highest BCUT2D eigenvalue weighted by atomic mass is 16.6. The number of nitro benzene ring substituents is 1. The van der Waals surface area contributed by atoms with Crippen LogP contribution in [-0.4, -0.2) is 34.5 Å². The third kappa shape index (κ3) is 3.61. The first-order chi connectivity index (χ1) is 12.9. The fourth-order valence-electron chi connectivity index (χ4n) is 2.96. The van der Waals surface area contributed by atoms with Crippen LogP contribution in [0.3, 0.4) is 0 Å². The summed E-state index contributed by atoms with van der Waals surface area (Å²) in [6, 6.07) is 9.88. The Morgan fingerprint density at radius 2 is 2.04 bits per heavy atom. The highest BCUT2D eigenvalue weighted by Crippen LogP contribution is 2.29. The fraction of sp³-hybridized carbons (Fsp3) is 0.211. The maximum Gasteiger partial charge on any atom is 0.270 e. The molecule has 0 unspecified atom stereocenters. The topological polar surface area (TPSA) is 114 Å². The van der Waals surface area contributed by atoms with Crippen molar-refractivity contribution in [3.05, 3.63) is 69.4 Å². The summed E-state index contributed by atoms with van der Waals surface area (Å²) in [4.78, 5) is 26.0. The van der Waals surface area contributed by atoms with E-state index in [1.54, 1.807) is 31.2 Å². The van der Waals surface area contributed by atoms with Gasteiger partial charge in [-0.3, -0.25) is 19.9 Å². The van der Waals surface area contributed by atoms with Crippen molar-refractivity contribution in [3.63, 3.8) is 0 Å². The van der Waals surface area contributed by atoms with Gasteiger partial charge in [0.2, 0.25) is 0 Å². The van der Waals surface area contributed by atoms with Crippen molar-refractivity contribution >= 4 is 22.5 Å². The Labute approximate surface area is 155 Å². The van der Waals surface area contributed by atoms with E-state index >= 15 is 0 Å². The van der Waals surface area contributed by atoms with Crippen LogP contribution < -0.4 is 10.6 Å². The van der Waals surface area contributed by atoms with Crippen LogP contribution in [-0.2, 0) is 6.42 Å². The minimum Gasteiger partial charge on any atom is -0.496 e. The number of aromatic amines is 1. The molecular weight excluding hydrogens is 348 g/mol. The van der Waals surface area contributed by atoms with Gasteiger partial charge in [-0.05, 0) is 36.2 Å². The number of nitrogens with zero attached hydrogens (tertiary/aromatic N) is 2. The number of nitrogens with two attached hydrogens (primary N) is 1. The second-order valence-corrected chi connectivity index (χ2v) is 6.10. The van der Waals surface area contributed by atoms with Gasteiger partial charge in [0.1, 0.15) is 5.75 Å². The number of ether oxygens (including phenoxy) is 1. The lowest BCUT2D eigenvalue weighted by Crippen LogP contribution is -2.37. The molecule has 0 fully saturated rings. The normalized spacial score (nSPS) is 10.8. The van der Waals surface area contributed by atoms with Crippen LogP contribution in [0, 0.1) is 10.1 Å². The van der Waals surface area contributed by atoms with E-state index in [1.807, 2.05) is 12.3 Å². The summed E-state index contributed by atoms with van der Waals surface area (Å²) in [7, 11) is 1.53. The van der Waals surface area contributed by atoms with Gasteiger partial charge < -0.3 is 9.72 Å². The molecular formula is C19H20N4O4. The lowest BCUT2D eigenvalue weighted by molar-refractivity contribution is -0.384. The first-order valence-electron chi connectivity index (χ1n) is 8.42. The van der Waals surface area contributed by atoms with Crippen LogP contribution in [0.2, 0.25) is 0 Å². The maximum absolute atomic E-state index is 12.2. The smallest absolute Gasteiger partial charge is 0.270 e. The number of carbonyl (C=O) groups excluding carboxylic acids is 1. The van der Waals surface area contributed by atoms with Crippen LogP contribution in [0.5, 0.6) is 5.75 Å². The Bertz CT molecular complexity index is 1010. The summed E-state index contributed by atoms with van der Waals surface area (Å²) in [5.41, 5.74) is 3.07. The standard InChI is InChI=1S/C19H20N4O4/c1-3-22(20)19(24)13-5-4-12(18(9-13)27-2)8-14-11-21-17-7-6-15(23(25)26)10-16(14)17/h4-7,9-11,21H,3,8,20H2,1-2H3. The monoisotopic (exact) mass is 368 g/mol. The van der Waals surface area contributed by atoms with E-state index in [0.29, 0.717) is 24.3 Å².